The second kappa shape index (κ2) is 6.03. The van der Waals surface area contributed by atoms with Gasteiger partial charge in [0.25, 0.3) is 0 Å². The van der Waals surface area contributed by atoms with Crippen LogP contribution in [0.5, 0.6) is 0 Å². The average molecular weight is 265 g/mol. The smallest absolute Gasteiger partial charge is 0.150 e. The van der Waals surface area contributed by atoms with Crippen molar-refractivity contribution in [1.82, 2.24) is 15.0 Å². The molecule has 1 aromatic rings. The van der Waals surface area contributed by atoms with E-state index in [1.165, 1.54) is 12.8 Å². The maximum atomic E-state index is 5.42. The van der Waals surface area contributed by atoms with E-state index in [-0.39, 0.29) is 0 Å². The van der Waals surface area contributed by atoms with Crippen molar-refractivity contribution in [2.75, 3.05) is 39.4 Å². The molecular weight excluding hydrogens is 242 g/mol. The van der Waals surface area contributed by atoms with Crippen molar-refractivity contribution in [3.05, 3.63) is 17.5 Å². The Morgan fingerprint density at radius 1 is 1.21 bits per heavy atom. The molecule has 0 spiro atoms. The predicted molar refractivity (Wildman–Crippen MR) is 71.9 cm³/mol. The van der Waals surface area contributed by atoms with Crippen molar-refractivity contribution < 1.29 is 9.26 Å². The number of rotatable bonds is 3. The van der Waals surface area contributed by atoms with E-state index >= 15 is 0 Å². The first kappa shape index (κ1) is 13.1. The van der Waals surface area contributed by atoms with Gasteiger partial charge in [0.2, 0.25) is 0 Å². The Labute approximate surface area is 114 Å². The number of nitrogens with zero attached hydrogens (tertiary/aromatic N) is 3. The molecular formula is C14H23N3O2. The predicted octanol–water partition coefficient (Wildman–Crippen LogP) is 1.28. The summed E-state index contributed by atoms with van der Waals surface area (Å²) in [6, 6.07) is 2.78. The van der Waals surface area contributed by atoms with E-state index in [0.29, 0.717) is 0 Å². The van der Waals surface area contributed by atoms with Gasteiger partial charge in [-0.1, -0.05) is 5.16 Å². The molecule has 2 aliphatic heterocycles. The summed E-state index contributed by atoms with van der Waals surface area (Å²) < 4.78 is 10.7. The zero-order valence-electron chi connectivity index (χ0n) is 11.7. The Bertz CT molecular complexity index is 393. The molecule has 0 aliphatic carbocycles. The van der Waals surface area contributed by atoms with Crippen LogP contribution in [0, 0.1) is 6.92 Å². The van der Waals surface area contributed by atoms with Gasteiger partial charge in [-0.25, -0.2) is 0 Å². The highest BCUT2D eigenvalue weighted by Gasteiger charge is 2.26. The minimum absolute atomic E-state index is 0.747. The van der Waals surface area contributed by atoms with Crippen LogP contribution in [-0.2, 0) is 11.3 Å². The number of ether oxygens (including phenoxy) is 1. The second-order valence-corrected chi connectivity index (χ2v) is 5.59. The number of hydrogen-bond donors (Lipinski definition) is 0. The molecule has 3 rings (SSSR count). The molecule has 2 fully saturated rings. The van der Waals surface area contributed by atoms with Crippen LogP contribution in [0.25, 0.3) is 0 Å². The molecule has 1 aromatic heterocycles. The average Bonchev–Trinajstić information content (AvgIpc) is 2.86. The van der Waals surface area contributed by atoms with Gasteiger partial charge in [0.15, 0.2) is 5.76 Å². The first-order valence-electron chi connectivity index (χ1n) is 7.27. The second-order valence-electron chi connectivity index (χ2n) is 5.59. The van der Waals surface area contributed by atoms with E-state index in [0.717, 1.165) is 63.4 Å². The van der Waals surface area contributed by atoms with Crippen LogP contribution in [0.4, 0.5) is 0 Å². The minimum atomic E-state index is 0.747. The van der Waals surface area contributed by atoms with Crippen molar-refractivity contribution in [3.63, 3.8) is 0 Å². The fourth-order valence-electron chi connectivity index (χ4n) is 3.10. The van der Waals surface area contributed by atoms with E-state index < -0.39 is 0 Å². The summed E-state index contributed by atoms with van der Waals surface area (Å²) in [4.78, 5) is 5.07. The third-order valence-electron chi connectivity index (χ3n) is 4.18. The molecule has 0 aromatic carbocycles. The lowest BCUT2D eigenvalue weighted by atomic mass is 10.0. The lowest BCUT2D eigenvalue weighted by molar-refractivity contribution is -0.000384. The topological polar surface area (TPSA) is 41.7 Å². The van der Waals surface area contributed by atoms with Gasteiger partial charge >= 0.3 is 0 Å². The number of hydrogen-bond acceptors (Lipinski definition) is 5. The molecule has 0 bridgehead atoms. The monoisotopic (exact) mass is 265 g/mol. The van der Waals surface area contributed by atoms with E-state index in [1.807, 2.05) is 13.0 Å². The zero-order chi connectivity index (χ0) is 13.1. The first-order valence-corrected chi connectivity index (χ1v) is 7.27. The van der Waals surface area contributed by atoms with Gasteiger partial charge in [0.05, 0.1) is 25.5 Å². The van der Waals surface area contributed by atoms with Gasteiger partial charge in [0.1, 0.15) is 0 Å². The molecule has 2 saturated heterocycles. The van der Waals surface area contributed by atoms with Gasteiger partial charge in [0, 0.05) is 38.3 Å². The SMILES string of the molecule is Cc1cc(CN2CCC(N3CCOCC3)CC2)on1. The summed E-state index contributed by atoms with van der Waals surface area (Å²) in [6.07, 6.45) is 2.51. The maximum absolute atomic E-state index is 5.42. The lowest BCUT2D eigenvalue weighted by Gasteiger charge is -2.39. The lowest BCUT2D eigenvalue weighted by Crippen LogP contribution is -2.48. The quantitative estimate of drug-likeness (QED) is 0.823. The minimum Gasteiger partial charge on any atom is -0.379 e. The van der Waals surface area contributed by atoms with Crippen molar-refractivity contribution in [2.24, 2.45) is 0 Å². The number of aryl methyl sites for hydroxylation is 1. The first-order chi connectivity index (χ1) is 9.31. The number of piperidine rings is 1. The molecule has 0 amide bonds. The highest BCUT2D eigenvalue weighted by Crippen LogP contribution is 2.19. The molecule has 0 atom stereocenters. The van der Waals surface area contributed by atoms with Crippen LogP contribution in [-0.4, -0.2) is 60.4 Å². The van der Waals surface area contributed by atoms with Gasteiger partial charge < -0.3 is 9.26 Å². The Morgan fingerprint density at radius 3 is 2.58 bits per heavy atom. The van der Waals surface area contributed by atoms with E-state index in [1.54, 1.807) is 0 Å². The summed E-state index contributed by atoms with van der Waals surface area (Å²) in [6.45, 7) is 9.19. The molecule has 5 nitrogen and oxygen atoms in total. The van der Waals surface area contributed by atoms with Gasteiger partial charge in [-0.2, -0.15) is 0 Å². The van der Waals surface area contributed by atoms with Crippen LogP contribution < -0.4 is 0 Å². The van der Waals surface area contributed by atoms with Gasteiger partial charge in [-0.15, -0.1) is 0 Å². The van der Waals surface area contributed by atoms with Crippen LogP contribution in [0.2, 0.25) is 0 Å². The Kier molecular flexibility index (Phi) is 4.15. The van der Waals surface area contributed by atoms with E-state index in [4.69, 9.17) is 9.26 Å². The molecule has 0 N–H and O–H groups in total. The maximum Gasteiger partial charge on any atom is 0.150 e. The molecule has 0 unspecified atom stereocenters. The van der Waals surface area contributed by atoms with Gasteiger partial charge in [-0.05, 0) is 19.8 Å². The number of morpholine rings is 1. The summed E-state index contributed by atoms with van der Waals surface area (Å²) >= 11 is 0. The van der Waals surface area contributed by atoms with E-state index in [9.17, 15) is 0 Å². The van der Waals surface area contributed by atoms with Crippen molar-refractivity contribution in [1.29, 1.82) is 0 Å². The van der Waals surface area contributed by atoms with Crippen molar-refractivity contribution >= 4 is 0 Å². The molecule has 3 heterocycles. The van der Waals surface area contributed by atoms with Crippen LogP contribution in [0.15, 0.2) is 10.6 Å². The fourth-order valence-corrected chi connectivity index (χ4v) is 3.10. The standard InChI is InChI=1S/C14H23N3O2/c1-12-10-14(19-15-12)11-16-4-2-13(3-5-16)17-6-8-18-9-7-17/h10,13H,2-9,11H2,1H3. The summed E-state index contributed by atoms with van der Waals surface area (Å²) in [5.74, 6) is 0.988. The third kappa shape index (κ3) is 3.35. The van der Waals surface area contributed by atoms with Crippen LogP contribution in [0.3, 0.4) is 0 Å². The normalized spacial score (nSPS) is 23.8. The Balaban J connectivity index is 1.46. The third-order valence-corrected chi connectivity index (χ3v) is 4.18. The Hall–Kier alpha value is -0.910. The summed E-state index contributed by atoms with van der Waals surface area (Å²) in [5.41, 5.74) is 0.971. The van der Waals surface area contributed by atoms with Crippen molar-refractivity contribution in [3.8, 4) is 0 Å². The molecule has 0 saturated carbocycles. The van der Waals surface area contributed by atoms with Crippen molar-refractivity contribution in [2.45, 2.75) is 32.4 Å². The molecule has 0 radical (unpaired) electrons. The summed E-state index contributed by atoms with van der Waals surface area (Å²) in [7, 11) is 0. The summed E-state index contributed by atoms with van der Waals surface area (Å²) in [5, 5.41) is 3.95. The highest BCUT2D eigenvalue weighted by atomic mass is 16.5. The van der Waals surface area contributed by atoms with Crippen LogP contribution in [0.1, 0.15) is 24.3 Å². The molecule has 5 heteroatoms. The van der Waals surface area contributed by atoms with Gasteiger partial charge in [-0.3, -0.25) is 9.80 Å². The van der Waals surface area contributed by atoms with Crippen LogP contribution >= 0.6 is 0 Å². The molecule has 2 aliphatic rings. The largest absolute Gasteiger partial charge is 0.379 e. The number of likely N-dealkylation sites (tertiary alicyclic amines) is 1. The van der Waals surface area contributed by atoms with E-state index in [2.05, 4.69) is 15.0 Å². The zero-order valence-corrected chi connectivity index (χ0v) is 11.7. The fraction of sp³-hybridized carbons (Fsp3) is 0.786. The number of aromatic nitrogens is 1. The molecule has 106 valence electrons. The Morgan fingerprint density at radius 2 is 1.95 bits per heavy atom. The highest BCUT2D eigenvalue weighted by molar-refractivity contribution is 5.03. The molecule has 19 heavy (non-hydrogen) atoms.